The summed E-state index contributed by atoms with van der Waals surface area (Å²) in [6.45, 7) is 1.85. The van der Waals surface area contributed by atoms with Gasteiger partial charge in [-0.25, -0.2) is 4.98 Å². The number of nitrogens with zero attached hydrogens (tertiary/aromatic N) is 4. The van der Waals surface area contributed by atoms with Crippen LogP contribution in [0.15, 0.2) is 30.5 Å². The fourth-order valence-corrected chi connectivity index (χ4v) is 3.76. The molecule has 0 spiro atoms. The number of hydrogen-bond acceptors (Lipinski definition) is 4. The van der Waals surface area contributed by atoms with Gasteiger partial charge in [0.2, 0.25) is 0 Å². The van der Waals surface area contributed by atoms with Gasteiger partial charge in [-0.1, -0.05) is 6.07 Å². The van der Waals surface area contributed by atoms with Crippen molar-refractivity contribution in [2.45, 2.75) is 38.0 Å². The first-order valence-corrected chi connectivity index (χ1v) is 8.44. The smallest absolute Gasteiger partial charge is 0.146 e. The predicted molar refractivity (Wildman–Crippen MR) is 89.4 cm³/mol. The molecule has 23 heavy (non-hydrogen) atoms. The van der Waals surface area contributed by atoms with Crippen LogP contribution in [0, 0.1) is 11.3 Å². The summed E-state index contributed by atoms with van der Waals surface area (Å²) < 4.78 is 0. The minimum atomic E-state index is 0.431. The molecule has 4 nitrogen and oxygen atoms in total. The van der Waals surface area contributed by atoms with Crippen molar-refractivity contribution in [2.75, 3.05) is 18.0 Å². The highest BCUT2D eigenvalue weighted by Gasteiger charge is 2.28. The molecular weight excluding hydrogens is 284 g/mol. The maximum atomic E-state index is 9.53. The van der Waals surface area contributed by atoms with Gasteiger partial charge in [-0.15, -0.1) is 0 Å². The first kappa shape index (κ1) is 14.2. The summed E-state index contributed by atoms with van der Waals surface area (Å²) in [4.78, 5) is 11.6. The van der Waals surface area contributed by atoms with Gasteiger partial charge in [-0.2, -0.15) is 5.26 Å². The van der Waals surface area contributed by atoms with Gasteiger partial charge >= 0.3 is 0 Å². The molecule has 1 fully saturated rings. The van der Waals surface area contributed by atoms with E-state index in [9.17, 15) is 5.26 Å². The number of aryl methyl sites for hydroxylation is 2. The Morgan fingerprint density at radius 3 is 2.96 bits per heavy atom. The topological polar surface area (TPSA) is 52.8 Å². The van der Waals surface area contributed by atoms with Crippen molar-refractivity contribution in [3.8, 4) is 6.07 Å². The van der Waals surface area contributed by atoms with E-state index in [0.29, 0.717) is 5.92 Å². The maximum Gasteiger partial charge on any atom is 0.146 e. The van der Waals surface area contributed by atoms with Crippen molar-refractivity contribution in [1.29, 1.82) is 5.26 Å². The number of fused-ring (bicyclic) bond motifs is 1. The average molecular weight is 304 g/mol. The molecule has 1 atom stereocenters. The summed E-state index contributed by atoms with van der Waals surface area (Å²) in [6, 6.07) is 10.5. The molecule has 1 unspecified atom stereocenters. The molecule has 4 heteroatoms. The summed E-state index contributed by atoms with van der Waals surface area (Å²) in [7, 11) is 0. The quantitative estimate of drug-likeness (QED) is 0.855. The summed E-state index contributed by atoms with van der Waals surface area (Å²) in [5.74, 6) is 1.31. The zero-order chi connectivity index (χ0) is 15.6. The van der Waals surface area contributed by atoms with Gasteiger partial charge in [0.1, 0.15) is 11.9 Å². The molecule has 3 heterocycles. The van der Waals surface area contributed by atoms with Crippen molar-refractivity contribution < 1.29 is 0 Å². The lowest BCUT2D eigenvalue weighted by atomic mass is 9.95. The third kappa shape index (κ3) is 2.68. The highest BCUT2D eigenvalue weighted by Crippen LogP contribution is 2.32. The minimum absolute atomic E-state index is 0.431. The van der Waals surface area contributed by atoms with Crippen LogP contribution in [0.5, 0.6) is 0 Å². The highest BCUT2D eigenvalue weighted by molar-refractivity contribution is 5.57. The molecule has 1 aliphatic carbocycles. The Kier molecular flexibility index (Phi) is 3.70. The Hall–Kier alpha value is -2.41. The lowest BCUT2D eigenvalue weighted by Gasteiger charge is -2.23. The molecule has 0 amide bonds. The van der Waals surface area contributed by atoms with Crippen LogP contribution in [-0.2, 0) is 12.8 Å². The monoisotopic (exact) mass is 304 g/mol. The van der Waals surface area contributed by atoms with E-state index in [-0.39, 0.29) is 0 Å². The van der Waals surface area contributed by atoms with E-state index in [1.807, 2.05) is 18.3 Å². The van der Waals surface area contributed by atoms with Crippen molar-refractivity contribution in [1.82, 2.24) is 9.97 Å². The first-order valence-electron chi connectivity index (χ1n) is 8.44. The zero-order valence-corrected chi connectivity index (χ0v) is 13.2. The molecule has 4 rings (SSSR count). The molecular formula is C19H20N4. The van der Waals surface area contributed by atoms with Crippen LogP contribution < -0.4 is 4.90 Å². The van der Waals surface area contributed by atoms with E-state index in [1.165, 1.54) is 24.1 Å². The van der Waals surface area contributed by atoms with Crippen molar-refractivity contribution in [3.05, 3.63) is 53.0 Å². The standard InChI is InChI=1S/C19H20N4/c20-12-16-11-14-5-1-2-7-18(14)22-19(16)23-10-8-15(13-23)17-6-3-4-9-21-17/h3-4,6,9,11,15H,1-2,5,7-8,10,13H2. The van der Waals surface area contributed by atoms with Crippen molar-refractivity contribution in [2.24, 2.45) is 0 Å². The van der Waals surface area contributed by atoms with Gasteiger partial charge in [-0.3, -0.25) is 4.98 Å². The van der Waals surface area contributed by atoms with Gasteiger partial charge in [0, 0.05) is 36.6 Å². The lowest BCUT2D eigenvalue weighted by Crippen LogP contribution is -2.23. The van der Waals surface area contributed by atoms with Gasteiger partial charge in [0.15, 0.2) is 0 Å². The second-order valence-corrected chi connectivity index (χ2v) is 6.47. The van der Waals surface area contributed by atoms with Crippen LogP contribution in [0.4, 0.5) is 5.82 Å². The van der Waals surface area contributed by atoms with Crippen LogP contribution in [-0.4, -0.2) is 23.1 Å². The predicted octanol–water partition coefficient (Wildman–Crippen LogP) is 3.22. The van der Waals surface area contributed by atoms with Crippen molar-refractivity contribution >= 4 is 5.82 Å². The number of anilines is 1. The number of rotatable bonds is 2. The number of hydrogen-bond donors (Lipinski definition) is 0. The third-order valence-electron chi connectivity index (χ3n) is 4.99. The highest BCUT2D eigenvalue weighted by atomic mass is 15.2. The van der Waals surface area contributed by atoms with Crippen LogP contribution in [0.3, 0.4) is 0 Å². The Balaban J connectivity index is 1.62. The average Bonchev–Trinajstić information content (AvgIpc) is 3.11. The third-order valence-corrected chi connectivity index (χ3v) is 4.99. The molecule has 1 aliphatic heterocycles. The Labute approximate surface area is 136 Å². The first-order chi connectivity index (χ1) is 11.3. The van der Waals surface area contributed by atoms with Gasteiger partial charge < -0.3 is 4.90 Å². The van der Waals surface area contributed by atoms with E-state index in [1.54, 1.807) is 0 Å². The largest absolute Gasteiger partial charge is 0.355 e. The SMILES string of the molecule is N#Cc1cc2c(nc1N1CCC(c3ccccn3)C1)CCCC2. The summed E-state index contributed by atoms with van der Waals surface area (Å²) in [5, 5.41) is 9.53. The fraction of sp³-hybridized carbons (Fsp3) is 0.421. The van der Waals surface area contributed by atoms with E-state index < -0.39 is 0 Å². The molecule has 0 saturated carbocycles. The molecule has 116 valence electrons. The number of pyridine rings is 2. The van der Waals surface area contributed by atoms with E-state index >= 15 is 0 Å². The van der Waals surface area contributed by atoms with Gasteiger partial charge in [-0.05, 0) is 55.9 Å². The maximum absolute atomic E-state index is 9.53. The van der Waals surface area contributed by atoms with Gasteiger partial charge in [0.25, 0.3) is 0 Å². The summed E-state index contributed by atoms with van der Waals surface area (Å²) >= 11 is 0. The number of nitriles is 1. The normalized spacial score (nSPS) is 20.1. The molecule has 1 saturated heterocycles. The molecule has 0 aromatic carbocycles. The van der Waals surface area contributed by atoms with E-state index in [4.69, 9.17) is 4.98 Å². The minimum Gasteiger partial charge on any atom is -0.355 e. The van der Waals surface area contributed by atoms with Crippen LogP contribution in [0.2, 0.25) is 0 Å². The van der Waals surface area contributed by atoms with E-state index in [0.717, 1.165) is 49.4 Å². The van der Waals surface area contributed by atoms with E-state index in [2.05, 4.69) is 28.1 Å². The molecule has 2 aliphatic rings. The molecule has 2 aromatic rings. The number of aromatic nitrogens is 2. The van der Waals surface area contributed by atoms with Gasteiger partial charge in [0.05, 0.1) is 5.56 Å². The Morgan fingerprint density at radius 2 is 2.13 bits per heavy atom. The molecule has 0 bridgehead atoms. The zero-order valence-electron chi connectivity index (χ0n) is 13.2. The molecule has 0 N–H and O–H groups in total. The lowest BCUT2D eigenvalue weighted by molar-refractivity contribution is 0.665. The summed E-state index contributed by atoms with van der Waals surface area (Å²) in [5.41, 5.74) is 4.35. The Bertz CT molecular complexity index is 748. The fourth-order valence-electron chi connectivity index (χ4n) is 3.76. The molecule has 0 radical (unpaired) electrons. The second kappa shape index (κ2) is 6.00. The summed E-state index contributed by atoms with van der Waals surface area (Å²) in [6.07, 6.45) is 7.46. The Morgan fingerprint density at radius 1 is 1.22 bits per heavy atom. The van der Waals surface area contributed by atoms with Crippen LogP contribution in [0.25, 0.3) is 0 Å². The molecule has 2 aromatic heterocycles. The van der Waals surface area contributed by atoms with Crippen molar-refractivity contribution in [3.63, 3.8) is 0 Å². The van der Waals surface area contributed by atoms with Crippen LogP contribution in [0.1, 0.15) is 47.7 Å². The second-order valence-electron chi connectivity index (χ2n) is 6.47. The van der Waals surface area contributed by atoms with Crippen LogP contribution >= 0.6 is 0 Å².